The van der Waals surface area contributed by atoms with Crippen molar-refractivity contribution in [2.24, 2.45) is 0 Å². The van der Waals surface area contributed by atoms with Crippen LogP contribution < -0.4 is 9.47 Å². The number of amides is 2. The first-order valence-corrected chi connectivity index (χ1v) is 9.88. The van der Waals surface area contributed by atoms with Crippen molar-refractivity contribution in [3.63, 3.8) is 0 Å². The summed E-state index contributed by atoms with van der Waals surface area (Å²) in [4.78, 5) is 26.9. The molecule has 0 saturated carbocycles. The molecule has 0 atom stereocenters. The van der Waals surface area contributed by atoms with Crippen LogP contribution in [0.3, 0.4) is 0 Å². The van der Waals surface area contributed by atoms with E-state index in [-0.39, 0.29) is 25.0 Å². The average molecular weight is 421 g/mol. The van der Waals surface area contributed by atoms with Gasteiger partial charge in [0.05, 0.1) is 24.8 Å². The molecule has 3 heterocycles. The SMILES string of the molecule is COc1ccc(OCc2nnc3sc(CN4C(=O)c5ccccc5C4=O)nn23)cc1. The number of nitrogens with zero attached hydrogens (tertiary/aromatic N) is 5. The van der Waals surface area contributed by atoms with E-state index in [1.807, 2.05) is 0 Å². The first-order chi connectivity index (χ1) is 14.6. The molecular formula is C20H15N5O4S. The monoisotopic (exact) mass is 421 g/mol. The van der Waals surface area contributed by atoms with Crippen LogP contribution in [0.25, 0.3) is 4.96 Å². The maximum atomic E-state index is 12.6. The topological polar surface area (TPSA) is 98.9 Å². The third-order valence-corrected chi connectivity index (χ3v) is 5.58. The quantitative estimate of drug-likeness (QED) is 0.441. The smallest absolute Gasteiger partial charge is 0.261 e. The third kappa shape index (κ3) is 3.07. The molecule has 4 aromatic rings. The lowest BCUT2D eigenvalue weighted by molar-refractivity contribution is 0.0641. The minimum atomic E-state index is -0.315. The number of methoxy groups -OCH3 is 1. The van der Waals surface area contributed by atoms with Crippen LogP contribution in [0.5, 0.6) is 11.5 Å². The molecule has 5 rings (SSSR count). The van der Waals surface area contributed by atoms with Gasteiger partial charge in [0.1, 0.15) is 23.1 Å². The highest BCUT2D eigenvalue weighted by molar-refractivity contribution is 7.16. The Morgan fingerprint density at radius 1 is 0.933 bits per heavy atom. The fraction of sp³-hybridized carbons (Fsp3) is 0.150. The van der Waals surface area contributed by atoms with Gasteiger partial charge in [0.25, 0.3) is 11.8 Å². The van der Waals surface area contributed by atoms with E-state index in [0.717, 1.165) is 5.75 Å². The molecule has 0 spiro atoms. The van der Waals surface area contributed by atoms with E-state index in [4.69, 9.17) is 9.47 Å². The standard InChI is InChI=1S/C20H15N5O4S/c1-28-12-6-8-13(9-7-12)29-11-16-21-22-20-25(16)23-17(30-20)10-24-18(26)14-4-2-3-5-15(14)19(24)27/h2-9H,10-11H2,1H3. The number of rotatable bonds is 6. The van der Waals surface area contributed by atoms with Crippen LogP contribution in [0.2, 0.25) is 0 Å². The lowest BCUT2D eigenvalue weighted by Crippen LogP contribution is -2.29. The molecule has 0 radical (unpaired) electrons. The van der Waals surface area contributed by atoms with Crippen molar-refractivity contribution in [2.75, 3.05) is 7.11 Å². The number of imide groups is 1. The summed E-state index contributed by atoms with van der Waals surface area (Å²) < 4.78 is 12.4. The zero-order chi connectivity index (χ0) is 20.7. The van der Waals surface area contributed by atoms with E-state index in [0.29, 0.717) is 32.7 Å². The fourth-order valence-corrected chi connectivity index (χ4v) is 4.03. The van der Waals surface area contributed by atoms with Crippen molar-refractivity contribution in [3.8, 4) is 11.5 Å². The fourth-order valence-electron chi connectivity index (χ4n) is 3.19. The number of hydrogen-bond donors (Lipinski definition) is 0. The summed E-state index contributed by atoms with van der Waals surface area (Å²) in [7, 11) is 1.60. The first-order valence-electron chi connectivity index (χ1n) is 9.06. The van der Waals surface area contributed by atoms with E-state index < -0.39 is 0 Å². The Balaban J connectivity index is 1.32. The summed E-state index contributed by atoms with van der Waals surface area (Å²) in [6.07, 6.45) is 0. The number of benzene rings is 2. The van der Waals surface area contributed by atoms with Crippen LogP contribution in [0.1, 0.15) is 31.5 Å². The Bertz CT molecular complexity index is 1230. The third-order valence-electron chi connectivity index (χ3n) is 4.70. The van der Waals surface area contributed by atoms with Crippen LogP contribution in [-0.2, 0) is 13.2 Å². The molecule has 2 aromatic heterocycles. The van der Waals surface area contributed by atoms with E-state index in [9.17, 15) is 9.59 Å². The summed E-state index contributed by atoms with van der Waals surface area (Å²) in [5.41, 5.74) is 0.832. The van der Waals surface area contributed by atoms with Crippen LogP contribution in [0.4, 0.5) is 0 Å². The molecule has 1 aliphatic rings. The molecule has 0 unspecified atom stereocenters. The number of hydrogen-bond acceptors (Lipinski definition) is 8. The van der Waals surface area contributed by atoms with Crippen molar-refractivity contribution >= 4 is 28.1 Å². The lowest BCUT2D eigenvalue weighted by Gasteiger charge is -2.10. The van der Waals surface area contributed by atoms with Gasteiger partial charge in [0, 0.05) is 0 Å². The largest absolute Gasteiger partial charge is 0.497 e. The van der Waals surface area contributed by atoms with Gasteiger partial charge in [-0.05, 0) is 36.4 Å². The van der Waals surface area contributed by atoms with E-state index >= 15 is 0 Å². The molecule has 0 N–H and O–H groups in total. The average Bonchev–Trinajstić information content (AvgIpc) is 3.42. The summed E-state index contributed by atoms with van der Waals surface area (Å²) in [6, 6.07) is 14.0. The maximum Gasteiger partial charge on any atom is 0.261 e. The van der Waals surface area contributed by atoms with Gasteiger partial charge in [-0.25, -0.2) is 0 Å². The minimum Gasteiger partial charge on any atom is -0.497 e. The number of carbonyl (C=O) groups is 2. The molecule has 30 heavy (non-hydrogen) atoms. The maximum absolute atomic E-state index is 12.6. The Labute approximate surface area is 174 Å². The van der Waals surface area contributed by atoms with Gasteiger partial charge in [-0.2, -0.15) is 9.61 Å². The normalized spacial score (nSPS) is 13.2. The predicted octanol–water partition coefficient (Wildman–Crippen LogP) is 2.57. The van der Waals surface area contributed by atoms with Crippen LogP contribution in [0.15, 0.2) is 48.5 Å². The van der Waals surface area contributed by atoms with Crippen molar-refractivity contribution in [2.45, 2.75) is 13.2 Å². The number of aromatic nitrogens is 4. The Kier molecular flexibility index (Phi) is 4.40. The highest BCUT2D eigenvalue weighted by Crippen LogP contribution is 2.26. The van der Waals surface area contributed by atoms with Gasteiger partial charge in [-0.15, -0.1) is 10.2 Å². The number of fused-ring (bicyclic) bond motifs is 2. The number of carbonyl (C=O) groups excluding carboxylic acids is 2. The molecule has 2 amide bonds. The van der Waals surface area contributed by atoms with Crippen molar-refractivity contribution in [1.29, 1.82) is 0 Å². The minimum absolute atomic E-state index is 0.0825. The van der Waals surface area contributed by atoms with Crippen molar-refractivity contribution < 1.29 is 19.1 Å². The van der Waals surface area contributed by atoms with E-state index in [1.165, 1.54) is 16.2 Å². The van der Waals surface area contributed by atoms with Gasteiger partial charge < -0.3 is 9.47 Å². The molecule has 2 aromatic carbocycles. The molecule has 10 heteroatoms. The van der Waals surface area contributed by atoms with Crippen molar-refractivity contribution in [1.82, 2.24) is 24.7 Å². The molecular weight excluding hydrogens is 406 g/mol. The highest BCUT2D eigenvalue weighted by Gasteiger charge is 2.35. The van der Waals surface area contributed by atoms with Crippen LogP contribution in [0, 0.1) is 0 Å². The molecule has 9 nitrogen and oxygen atoms in total. The van der Waals surface area contributed by atoms with Gasteiger partial charge in [0.2, 0.25) is 4.96 Å². The second-order valence-corrected chi connectivity index (χ2v) is 7.55. The van der Waals surface area contributed by atoms with Crippen LogP contribution >= 0.6 is 11.3 Å². The zero-order valence-electron chi connectivity index (χ0n) is 15.8. The van der Waals surface area contributed by atoms with E-state index in [2.05, 4.69) is 15.3 Å². The summed E-state index contributed by atoms with van der Waals surface area (Å²) >= 11 is 1.27. The molecule has 1 aliphatic heterocycles. The molecule has 150 valence electrons. The Morgan fingerprint density at radius 3 is 2.27 bits per heavy atom. The van der Waals surface area contributed by atoms with Crippen molar-refractivity contribution in [3.05, 3.63) is 70.5 Å². The predicted molar refractivity (Wildman–Crippen MR) is 107 cm³/mol. The number of ether oxygens (including phenoxy) is 2. The van der Waals surface area contributed by atoms with Gasteiger partial charge >= 0.3 is 0 Å². The Morgan fingerprint density at radius 2 is 1.60 bits per heavy atom. The summed E-state index contributed by atoms with van der Waals surface area (Å²) in [5.74, 6) is 1.29. The summed E-state index contributed by atoms with van der Waals surface area (Å²) in [5, 5.41) is 13.3. The molecule has 0 aliphatic carbocycles. The summed E-state index contributed by atoms with van der Waals surface area (Å²) in [6.45, 7) is 0.253. The highest BCUT2D eigenvalue weighted by atomic mass is 32.1. The van der Waals surface area contributed by atoms with Gasteiger partial charge in [-0.1, -0.05) is 23.5 Å². The molecule has 0 saturated heterocycles. The van der Waals surface area contributed by atoms with E-state index in [1.54, 1.807) is 60.2 Å². The Hall–Kier alpha value is -3.79. The second-order valence-electron chi connectivity index (χ2n) is 6.51. The zero-order valence-corrected chi connectivity index (χ0v) is 16.6. The first kappa shape index (κ1) is 18.3. The van der Waals surface area contributed by atoms with Crippen LogP contribution in [-0.4, -0.2) is 43.6 Å². The molecule has 0 bridgehead atoms. The lowest BCUT2D eigenvalue weighted by atomic mass is 10.1. The second kappa shape index (κ2) is 7.23. The van der Waals surface area contributed by atoms with Gasteiger partial charge in [0.15, 0.2) is 5.82 Å². The van der Waals surface area contributed by atoms with Gasteiger partial charge in [-0.3, -0.25) is 14.5 Å². The molecule has 0 fully saturated rings.